The SMILES string of the molecule is Cc1ccc(N(c2ccc(C)cc2)c2cc3c4c(c2)Oc2c(cc(N(c5ccc(C)cc5)c5ccc(C)cc5)c5c2oc2ccccc25)B4c2oc4ccccc4c2O3)cc1. The van der Waals surface area contributed by atoms with E-state index in [9.17, 15) is 0 Å². The molecule has 61 heavy (non-hydrogen) atoms. The molecular weight excluding hydrogens is 751 g/mol. The Morgan fingerprint density at radius 1 is 0.426 bits per heavy atom. The average molecular weight is 791 g/mol. The van der Waals surface area contributed by atoms with Crippen LogP contribution in [0.5, 0.6) is 23.0 Å². The molecule has 0 radical (unpaired) electrons. The quantitative estimate of drug-likeness (QED) is 0.156. The molecule has 292 valence electrons. The lowest BCUT2D eigenvalue weighted by Gasteiger charge is -2.34. The summed E-state index contributed by atoms with van der Waals surface area (Å²) in [4.78, 5) is 4.60. The van der Waals surface area contributed by atoms with Gasteiger partial charge in [0.05, 0.1) is 22.1 Å². The van der Waals surface area contributed by atoms with Crippen molar-refractivity contribution in [1.82, 2.24) is 0 Å². The van der Waals surface area contributed by atoms with Crippen LogP contribution >= 0.6 is 0 Å². The van der Waals surface area contributed by atoms with Crippen molar-refractivity contribution in [2.45, 2.75) is 27.7 Å². The van der Waals surface area contributed by atoms with Gasteiger partial charge in [0, 0.05) is 45.7 Å². The second kappa shape index (κ2) is 13.4. The number of nitrogens with zero attached hydrogens (tertiary/aromatic N) is 2. The summed E-state index contributed by atoms with van der Waals surface area (Å²) in [5.74, 6) is 2.77. The van der Waals surface area contributed by atoms with E-state index < -0.39 is 0 Å². The maximum Gasteiger partial charge on any atom is 0.305 e. The molecule has 2 aliphatic rings. The Balaban J connectivity index is 1.16. The van der Waals surface area contributed by atoms with E-state index in [0.29, 0.717) is 28.6 Å². The summed E-state index contributed by atoms with van der Waals surface area (Å²) in [7, 11) is 0. The van der Waals surface area contributed by atoms with Crippen molar-refractivity contribution in [3.05, 3.63) is 186 Å². The van der Waals surface area contributed by atoms with E-state index in [4.69, 9.17) is 18.3 Å². The van der Waals surface area contributed by atoms with Crippen LogP contribution in [-0.4, -0.2) is 6.71 Å². The summed E-state index contributed by atoms with van der Waals surface area (Å²) in [6.07, 6.45) is 0. The summed E-state index contributed by atoms with van der Waals surface area (Å²) in [6, 6.07) is 57.6. The monoisotopic (exact) mass is 790 g/mol. The van der Waals surface area contributed by atoms with Gasteiger partial charge in [0.25, 0.3) is 0 Å². The third kappa shape index (κ3) is 5.57. The first-order chi connectivity index (χ1) is 29.9. The van der Waals surface area contributed by atoms with Gasteiger partial charge < -0.3 is 28.1 Å². The van der Waals surface area contributed by atoms with Crippen molar-refractivity contribution < 1.29 is 18.3 Å². The Kier molecular flexibility index (Phi) is 7.79. The molecule has 0 aliphatic carbocycles. The molecule has 2 aromatic heterocycles. The van der Waals surface area contributed by atoms with Gasteiger partial charge in [-0.2, -0.15) is 0 Å². The highest BCUT2D eigenvalue weighted by molar-refractivity contribution is 6.98. The van der Waals surface area contributed by atoms with Crippen LogP contribution in [0.15, 0.2) is 173 Å². The molecule has 0 N–H and O–H groups in total. The summed E-state index contributed by atoms with van der Waals surface area (Å²) < 4.78 is 28.1. The number of fused-ring (bicyclic) bond motifs is 10. The Bertz CT molecular complexity index is 3260. The number of furan rings is 2. The van der Waals surface area contributed by atoms with Crippen LogP contribution in [0.3, 0.4) is 0 Å². The van der Waals surface area contributed by atoms with Gasteiger partial charge in [-0.05, 0) is 106 Å². The number of rotatable bonds is 6. The second-order valence-electron chi connectivity index (χ2n) is 16.4. The first-order valence-corrected chi connectivity index (χ1v) is 20.8. The van der Waals surface area contributed by atoms with Gasteiger partial charge in [-0.15, -0.1) is 0 Å². The molecule has 0 atom stereocenters. The third-order valence-electron chi connectivity index (χ3n) is 12.2. The van der Waals surface area contributed by atoms with Crippen molar-refractivity contribution >= 4 is 90.3 Å². The maximum atomic E-state index is 7.27. The van der Waals surface area contributed by atoms with Crippen molar-refractivity contribution in [3.63, 3.8) is 0 Å². The molecule has 6 nitrogen and oxygen atoms in total. The number of para-hydroxylation sites is 2. The molecule has 0 saturated carbocycles. The molecule has 2 aliphatic heterocycles. The molecule has 12 rings (SSSR count). The highest BCUT2D eigenvalue weighted by Crippen LogP contribution is 2.50. The van der Waals surface area contributed by atoms with E-state index >= 15 is 0 Å². The van der Waals surface area contributed by atoms with Gasteiger partial charge in [0.1, 0.15) is 28.3 Å². The first-order valence-electron chi connectivity index (χ1n) is 20.8. The fraction of sp³-hybridized carbons (Fsp3) is 0.0741. The Morgan fingerprint density at radius 2 is 0.885 bits per heavy atom. The molecule has 0 saturated heterocycles. The molecule has 0 fully saturated rings. The summed E-state index contributed by atoms with van der Waals surface area (Å²) in [5, 5.41) is 2.89. The number of benzene rings is 8. The van der Waals surface area contributed by atoms with Gasteiger partial charge in [0.15, 0.2) is 17.1 Å². The zero-order chi connectivity index (χ0) is 40.9. The van der Waals surface area contributed by atoms with Crippen molar-refractivity contribution in [2.24, 2.45) is 0 Å². The number of hydrogen-bond donors (Lipinski definition) is 0. The molecule has 4 heterocycles. The van der Waals surface area contributed by atoms with Gasteiger partial charge in [-0.3, -0.25) is 0 Å². The minimum Gasteiger partial charge on any atom is -0.466 e. The molecule has 0 unspecified atom stereocenters. The molecule has 7 heteroatoms. The largest absolute Gasteiger partial charge is 0.466 e. The van der Waals surface area contributed by atoms with Crippen molar-refractivity contribution in [2.75, 3.05) is 9.80 Å². The number of aryl methyl sites for hydroxylation is 4. The number of ether oxygens (including phenoxy) is 2. The standard InChI is InChI=1S/C54H39BN2O4/c1-32-13-21-36(22-14-32)56(37-23-15-33(2)16-24-37)40-29-47-50-48(30-40)60-52-43(55(50)54-51(59-47)42-10-6-8-12-46(42)61-54)31-44(49-41-9-5-7-11-45(41)58-53(49)52)57(38-25-17-34(3)18-26-38)39-27-19-35(4)20-28-39/h5-31H,1-4H3. The molecule has 0 spiro atoms. The molecular formula is C54H39BN2O4. The zero-order valence-corrected chi connectivity index (χ0v) is 34.2. The zero-order valence-electron chi connectivity index (χ0n) is 34.2. The lowest BCUT2D eigenvalue weighted by molar-refractivity contribution is 0.458. The van der Waals surface area contributed by atoms with Crippen LogP contribution in [0.4, 0.5) is 34.1 Å². The Labute approximate surface area is 353 Å². The van der Waals surface area contributed by atoms with Crippen LogP contribution in [-0.2, 0) is 0 Å². The summed E-state index contributed by atoms with van der Waals surface area (Å²) in [5.41, 5.74) is 15.6. The fourth-order valence-electron chi connectivity index (χ4n) is 9.18. The van der Waals surface area contributed by atoms with E-state index in [2.05, 4.69) is 171 Å². The van der Waals surface area contributed by atoms with Gasteiger partial charge in [0.2, 0.25) is 0 Å². The Morgan fingerprint density at radius 3 is 1.43 bits per heavy atom. The lowest BCUT2D eigenvalue weighted by Crippen LogP contribution is -2.57. The van der Waals surface area contributed by atoms with Crippen molar-refractivity contribution in [1.29, 1.82) is 0 Å². The van der Waals surface area contributed by atoms with E-state index in [1.807, 2.05) is 30.3 Å². The predicted molar refractivity (Wildman–Crippen MR) is 249 cm³/mol. The second-order valence-corrected chi connectivity index (χ2v) is 16.4. The minimum atomic E-state index is -0.375. The van der Waals surface area contributed by atoms with E-state index in [-0.39, 0.29) is 6.71 Å². The van der Waals surface area contributed by atoms with Crippen LogP contribution in [0, 0.1) is 27.7 Å². The predicted octanol–water partition coefficient (Wildman–Crippen LogP) is 13.2. The average Bonchev–Trinajstić information content (AvgIpc) is 3.86. The van der Waals surface area contributed by atoms with Gasteiger partial charge in [-0.1, -0.05) is 101 Å². The number of hydrogen-bond acceptors (Lipinski definition) is 6. The molecule has 0 amide bonds. The third-order valence-corrected chi connectivity index (χ3v) is 12.2. The summed E-state index contributed by atoms with van der Waals surface area (Å²) >= 11 is 0. The highest BCUT2D eigenvalue weighted by atomic mass is 16.5. The topological polar surface area (TPSA) is 51.2 Å². The Hall–Kier alpha value is -7.64. The lowest BCUT2D eigenvalue weighted by atomic mass is 9.37. The number of anilines is 6. The van der Waals surface area contributed by atoms with E-state index in [1.54, 1.807) is 0 Å². The molecule has 8 aromatic carbocycles. The normalized spacial score (nSPS) is 12.5. The smallest absolute Gasteiger partial charge is 0.305 e. The fourth-order valence-corrected chi connectivity index (χ4v) is 9.18. The van der Waals surface area contributed by atoms with E-state index in [0.717, 1.165) is 78.0 Å². The summed E-state index contributed by atoms with van der Waals surface area (Å²) in [6.45, 7) is 8.09. The van der Waals surface area contributed by atoms with E-state index in [1.165, 1.54) is 22.3 Å². The van der Waals surface area contributed by atoms with Crippen LogP contribution in [0.1, 0.15) is 22.3 Å². The first kappa shape index (κ1) is 35.3. The van der Waals surface area contributed by atoms with Gasteiger partial charge in [-0.25, -0.2) is 0 Å². The highest BCUT2D eigenvalue weighted by Gasteiger charge is 2.46. The molecule has 10 aromatic rings. The van der Waals surface area contributed by atoms with Crippen LogP contribution in [0.2, 0.25) is 0 Å². The molecule has 0 bridgehead atoms. The van der Waals surface area contributed by atoms with Crippen LogP contribution in [0.25, 0.3) is 32.9 Å². The van der Waals surface area contributed by atoms with Crippen LogP contribution < -0.4 is 35.9 Å². The van der Waals surface area contributed by atoms with Crippen molar-refractivity contribution in [3.8, 4) is 23.0 Å². The minimum absolute atomic E-state index is 0.375. The van der Waals surface area contributed by atoms with Gasteiger partial charge >= 0.3 is 6.71 Å². The maximum absolute atomic E-state index is 7.27.